The minimum Gasteiger partial charge on any atom is -0.318 e. The van der Waals surface area contributed by atoms with Gasteiger partial charge in [0.25, 0.3) is 5.91 Å². The molecule has 13 heteroatoms. The summed E-state index contributed by atoms with van der Waals surface area (Å²) in [6.07, 6.45) is 0. The molecule has 8 nitrogen and oxygen atoms in total. The molecular weight excluding hydrogens is 483 g/mol. The fraction of sp³-hybridized carbons (Fsp3) is 0.0909. The Morgan fingerprint density at radius 1 is 1.38 bits per heavy atom. The highest BCUT2D eigenvalue weighted by molar-refractivity contribution is 9.13. The van der Waals surface area contributed by atoms with Gasteiger partial charge in [-0.15, -0.1) is 0 Å². The van der Waals surface area contributed by atoms with Crippen LogP contribution in [-0.4, -0.2) is 25.5 Å². The van der Waals surface area contributed by atoms with Gasteiger partial charge in [0.1, 0.15) is 21.9 Å². The maximum absolute atomic E-state index is 13.6. The van der Waals surface area contributed by atoms with Crippen molar-refractivity contribution in [2.24, 2.45) is 0 Å². The average Bonchev–Trinajstić information content (AvgIpc) is 2.74. The molecule has 0 saturated carbocycles. The van der Waals surface area contributed by atoms with E-state index in [1.54, 1.807) is 0 Å². The highest BCUT2D eigenvalue weighted by Crippen LogP contribution is 2.37. The fourth-order valence-corrected chi connectivity index (χ4v) is 2.73. The molecule has 0 spiro atoms. The van der Waals surface area contributed by atoms with Crippen LogP contribution in [0.25, 0.3) is 0 Å². The zero-order valence-electron chi connectivity index (χ0n) is 11.4. The van der Waals surface area contributed by atoms with Crippen molar-refractivity contribution in [3.63, 3.8) is 0 Å². The summed E-state index contributed by atoms with van der Waals surface area (Å²) in [6, 6.07) is 2.57. The van der Waals surface area contributed by atoms with Crippen LogP contribution < -0.4 is 5.32 Å². The molecule has 0 saturated heterocycles. The van der Waals surface area contributed by atoms with Gasteiger partial charge in [0, 0.05) is 6.07 Å². The minimum atomic E-state index is -4.79. The van der Waals surface area contributed by atoms with Gasteiger partial charge in [-0.25, -0.2) is 18.0 Å². The summed E-state index contributed by atoms with van der Waals surface area (Å²) in [6.45, 7) is -0.733. The number of phosphoric ester groups is 1. The van der Waals surface area contributed by atoms with E-state index in [9.17, 15) is 18.1 Å². The van der Waals surface area contributed by atoms with Crippen molar-refractivity contribution in [1.29, 1.82) is 0 Å². The molecule has 0 aliphatic rings. The topological polar surface area (TPSA) is 114 Å². The van der Waals surface area contributed by atoms with Crippen LogP contribution in [0.4, 0.5) is 14.5 Å². The minimum absolute atomic E-state index is 0.150. The maximum atomic E-state index is 13.6. The summed E-state index contributed by atoms with van der Waals surface area (Å²) in [4.78, 5) is 29.7. The van der Waals surface area contributed by atoms with Crippen molar-refractivity contribution in [1.82, 2.24) is 9.78 Å². The summed E-state index contributed by atoms with van der Waals surface area (Å²) in [5.74, 6) is -2.66. The van der Waals surface area contributed by atoms with Crippen molar-refractivity contribution >= 4 is 51.3 Å². The SMILES string of the molecule is O=C(Nc1ccc(F)cc1F)c1c(Br)c(Br)nn1COP(=O)(O)O. The molecule has 2 aromatic rings. The molecule has 0 aliphatic carbocycles. The van der Waals surface area contributed by atoms with Crippen molar-refractivity contribution in [3.05, 3.63) is 44.6 Å². The highest BCUT2D eigenvalue weighted by atomic mass is 79.9. The smallest absolute Gasteiger partial charge is 0.318 e. The Morgan fingerprint density at radius 2 is 2.04 bits per heavy atom. The quantitative estimate of drug-likeness (QED) is 0.555. The Kier molecular flexibility index (Phi) is 5.89. The van der Waals surface area contributed by atoms with E-state index < -0.39 is 32.1 Å². The number of rotatable bonds is 5. The van der Waals surface area contributed by atoms with E-state index in [0.717, 1.165) is 16.8 Å². The molecule has 1 amide bonds. The number of nitrogens with zero attached hydrogens (tertiary/aromatic N) is 2. The van der Waals surface area contributed by atoms with E-state index in [-0.39, 0.29) is 20.5 Å². The second-order valence-electron chi connectivity index (χ2n) is 4.28. The normalized spacial score (nSPS) is 11.6. The summed E-state index contributed by atoms with van der Waals surface area (Å²) >= 11 is 6.10. The van der Waals surface area contributed by atoms with Crippen molar-refractivity contribution < 1.29 is 32.5 Å². The monoisotopic (exact) mass is 489 g/mol. The Balaban J connectivity index is 2.29. The third-order valence-electron chi connectivity index (χ3n) is 2.60. The zero-order chi connectivity index (χ0) is 18.1. The molecule has 0 bridgehead atoms. The molecule has 0 aliphatic heterocycles. The molecule has 0 atom stereocenters. The summed E-state index contributed by atoms with van der Waals surface area (Å²) in [5.41, 5.74) is -0.480. The van der Waals surface area contributed by atoms with Crippen LogP contribution in [0.2, 0.25) is 0 Å². The van der Waals surface area contributed by atoms with Crippen LogP contribution in [0.3, 0.4) is 0 Å². The van der Waals surface area contributed by atoms with Gasteiger partial charge < -0.3 is 15.1 Å². The van der Waals surface area contributed by atoms with Crippen LogP contribution in [0.15, 0.2) is 27.3 Å². The molecular formula is C11H8Br2F2N3O5P. The van der Waals surface area contributed by atoms with Crippen LogP contribution in [0.5, 0.6) is 0 Å². The molecule has 2 rings (SSSR count). The average molecular weight is 491 g/mol. The first-order valence-corrected chi connectivity index (χ1v) is 9.08. The third-order valence-corrected chi connectivity index (χ3v) is 4.89. The third kappa shape index (κ3) is 4.68. The molecule has 1 heterocycles. The maximum Gasteiger partial charge on any atom is 0.471 e. The van der Waals surface area contributed by atoms with Crippen molar-refractivity contribution in [2.75, 3.05) is 5.32 Å². The van der Waals surface area contributed by atoms with E-state index in [1.807, 2.05) is 0 Å². The molecule has 0 unspecified atom stereocenters. The lowest BCUT2D eigenvalue weighted by molar-refractivity contribution is 0.0985. The van der Waals surface area contributed by atoms with Gasteiger partial charge in [-0.05, 0) is 44.0 Å². The van der Waals surface area contributed by atoms with E-state index in [2.05, 4.69) is 46.8 Å². The first-order valence-electron chi connectivity index (χ1n) is 5.97. The van der Waals surface area contributed by atoms with E-state index >= 15 is 0 Å². The number of phosphoric acid groups is 1. The summed E-state index contributed by atoms with van der Waals surface area (Å²) in [5, 5.41) is 6.02. The summed E-state index contributed by atoms with van der Waals surface area (Å²) < 4.78 is 42.7. The molecule has 24 heavy (non-hydrogen) atoms. The lowest BCUT2D eigenvalue weighted by Crippen LogP contribution is -2.19. The second kappa shape index (κ2) is 7.38. The second-order valence-corrected chi connectivity index (χ2v) is 7.06. The van der Waals surface area contributed by atoms with Crippen molar-refractivity contribution in [2.45, 2.75) is 6.73 Å². The van der Waals surface area contributed by atoms with Crippen LogP contribution in [0, 0.1) is 11.6 Å². The Bertz CT molecular complexity index is 841. The van der Waals surface area contributed by atoms with Gasteiger partial charge in [0.15, 0.2) is 6.73 Å². The first kappa shape index (κ1) is 19.2. The predicted octanol–water partition coefficient (Wildman–Crippen LogP) is 3.01. The van der Waals surface area contributed by atoms with E-state index in [0.29, 0.717) is 6.07 Å². The van der Waals surface area contributed by atoms with Gasteiger partial charge in [-0.3, -0.25) is 9.32 Å². The largest absolute Gasteiger partial charge is 0.471 e. The van der Waals surface area contributed by atoms with Gasteiger partial charge in [0.05, 0.1) is 10.2 Å². The molecule has 3 N–H and O–H groups in total. The number of carbonyl (C=O) groups excluding carboxylic acids is 1. The van der Waals surface area contributed by atoms with Gasteiger partial charge in [0.2, 0.25) is 0 Å². The van der Waals surface area contributed by atoms with Crippen LogP contribution in [-0.2, 0) is 15.8 Å². The Hall–Kier alpha value is -1.17. The standard InChI is InChI=1S/C11H8Br2F2N3O5P/c12-8-9(18(17-10(8)13)4-23-24(20,21)22)11(19)16-7-2-1-5(14)3-6(7)15/h1-3H,4H2,(H,16,19)(H2,20,21,22). The van der Waals surface area contributed by atoms with Crippen molar-refractivity contribution in [3.8, 4) is 0 Å². The predicted molar refractivity (Wildman–Crippen MR) is 85.1 cm³/mol. The zero-order valence-corrected chi connectivity index (χ0v) is 15.5. The molecule has 1 aromatic carbocycles. The molecule has 130 valence electrons. The number of aromatic nitrogens is 2. The number of anilines is 1. The van der Waals surface area contributed by atoms with Gasteiger partial charge in [-0.2, -0.15) is 5.10 Å². The first-order chi connectivity index (χ1) is 11.1. The van der Waals surface area contributed by atoms with Crippen LogP contribution in [0.1, 0.15) is 10.5 Å². The summed E-state index contributed by atoms with van der Waals surface area (Å²) in [7, 11) is -4.79. The lowest BCUT2D eigenvalue weighted by Gasteiger charge is -2.10. The number of hydrogen-bond acceptors (Lipinski definition) is 4. The molecule has 1 aromatic heterocycles. The van der Waals surface area contributed by atoms with Gasteiger partial charge >= 0.3 is 7.82 Å². The molecule has 0 radical (unpaired) electrons. The Morgan fingerprint density at radius 3 is 2.62 bits per heavy atom. The van der Waals surface area contributed by atoms with E-state index in [4.69, 9.17) is 9.79 Å². The van der Waals surface area contributed by atoms with Gasteiger partial charge in [-0.1, -0.05) is 0 Å². The lowest BCUT2D eigenvalue weighted by atomic mass is 10.3. The number of amides is 1. The number of carbonyl (C=O) groups is 1. The highest BCUT2D eigenvalue weighted by Gasteiger charge is 2.24. The fourth-order valence-electron chi connectivity index (χ4n) is 1.62. The number of halogens is 4. The van der Waals surface area contributed by atoms with E-state index in [1.165, 1.54) is 0 Å². The van der Waals surface area contributed by atoms with Crippen LogP contribution >= 0.6 is 39.7 Å². The number of hydrogen-bond donors (Lipinski definition) is 3. The number of benzene rings is 1. The Labute approximate surface area is 150 Å². The molecule has 0 fully saturated rings. The number of nitrogens with one attached hydrogen (secondary N) is 1.